The maximum atomic E-state index is 3.34. The highest BCUT2D eigenvalue weighted by atomic mass is 32.2. The number of nitrogens with one attached hydrogen (secondary N) is 1. The van der Waals surface area contributed by atoms with Crippen molar-refractivity contribution in [2.45, 2.75) is 13.3 Å². The lowest BCUT2D eigenvalue weighted by Gasteiger charge is -2.06. The van der Waals surface area contributed by atoms with E-state index in [2.05, 4.69) is 28.9 Å². The Morgan fingerprint density at radius 1 is 1.64 bits per heavy atom. The Balaban J connectivity index is 1.96. The summed E-state index contributed by atoms with van der Waals surface area (Å²) < 4.78 is 0. The highest BCUT2D eigenvalue weighted by Gasteiger charge is 2.13. The molecule has 0 aliphatic carbocycles. The lowest BCUT2D eigenvalue weighted by atomic mass is 10.1. The molecule has 1 heterocycles. The van der Waals surface area contributed by atoms with Crippen LogP contribution in [0.4, 0.5) is 0 Å². The van der Waals surface area contributed by atoms with E-state index < -0.39 is 0 Å². The summed E-state index contributed by atoms with van der Waals surface area (Å²) in [6, 6.07) is 0. The smallest absolute Gasteiger partial charge is 0.0576 e. The molecule has 1 nitrogen and oxygen atoms in total. The Hall–Kier alpha value is -0.130. The van der Waals surface area contributed by atoms with Crippen molar-refractivity contribution in [2.24, 2.45) is 5.92 Å². The van der Waals surface area contributed by atoms with Crippen LogP contribution in [0.15, 0.2) is 0 Å². The Bertz CT molecular complexity index is 151. The van der Waals surface area contributed by atoms with Gasteiger partial charge >= 0.3 is 0 Å². The van der Waals surface area contributed by atoms with E-state index >= 15 is 0 Å². The third-order valence-corrected chi connectivity index (χ3v) is 3.08. The number of hydrogen-bond donors (Lipinski definition) is 1. The van der Waals surface area contributed by atoms with E-state index in [4.69, 9.17) is 0 Å². The highest BCUT2D eigenvalue weighted by molar-refractivity contribution is 7.99. The van der Waals surface area contributed by atoms with Gasteiger partial charge in [-0.25, -0.2) is 0 Å². The molecule has 0 spiro atoms. The molecule has 11 heavy (non-hydrogen) atoms. The van der Waals surface area contributed by atoms with Gasteiger partial charge in [0.1, 0.15) is 0 Å². The molecular formula is C9H15NS. The number of thioether (sulfide) groups is 1. The van der Waals surface area contributed by atoms with Crippen molar-refractivity contribution in [2.75, 3.05) is 24.6 Å². The average Bonchev–Trinajstić information content (AvgIpc) is 2.50. The maximum absolute atomic E-state index is 3.34. The molecule has 0 aromatic heterocycles. The van der Waals surface area contributed by atoms with Crippen molar-refractivity contribution in [1.29, 1.82) is 0 Å². The summed E-state index contributed by atoms with van der Waals surface area (Å²) in [5.41, 5.74) is 0. The molecule has 1 rings (SSSR count). The topological polar surface area (TPSA) is 12.0 Å². The normalized spacial score (nSPS) is 22.8. The second kappa shape index (κ2) is 5.51. The number of hydrogen-bond acceptors (Lipinski definition) is 2. The molecule has 0 saturated carbocycles. The van der Waals surface area contributed by atoms with Gasteiger partial charge in [-0.3, -0.25) is 0 Å². The van der Waals surface area contributed by atoms with Gasteiger partial charge in [0.05, 0.1) is 6.54 Å². The van der Waals surface area contributed by atoms with Crippen molar-refractivity contribution in [3.63, 3.8) is 0 Å². The van der Waals surface area contributed by atoms with Crippen LogP contribution in [0.2, 0.25) is 0 Å². The summed E-state index contributed by atoms with van der Waals surface area (Å²) in [6.07, 6.45) is 1.39. The standard InChI is InChI=1S/C9H15NS/c1-2-3-5-10-7-9-4-6-11-8-9/h9-10H,4-8H2,1H3. The molecular weight excluding hydrogens is 154 g/mol. The monoisotopic (exact) mass is 169 g/mol. The van der Waals surface area contributed by atoms with Crippen LogP contribution in [-0.2, 0) is 0 Å². The van der Waals surface area contributed by atoms with Gasteiger partial charge in [-0.05, 0) is 37.3 Å². The first kappa shape index (κ1) is 8.96. The Labute approximate surface area is 73.3 Å². The fourth-order valence-electron chi connectivity index (χ4n) is 1.17. The average molecular weight is 169 g/mol. The largest absolute Gasteiger partial charge is 0.306 e. The molecule has 1 N–H and O–H groups in total. The fraction of sp³-hybridized carbons (Fsp3) is 0.778. The van der Waals surface area contributed by atoms with Crippen molar-refractivity contribution >= 4 is 11.8 Å². The van der Waals surface area contributed by atoms with E-state index in [0.717, 1.165) is 19.0 Å². The summed E-state index contributed by atoms with van der Waals surface area (Å²) in [7, 11) is 0. The van der Waals surface area contributed by atoms with Gasteiger partial charge in [-0.2, -0.15) is 11.8 Å². The molecule has 0 bridgehead atoms. The summed E-state index contributed by atoms with van der Waals surface area (Å²) >= 11 is 2.07. The van der Waals surface area contributed by atoms with Crippen molar-refractivity contribution in [3.05, 3.63) is 0 Å². The van der Waals surface area contributed by atoms with E-state index in [1.54, 1.807) is 0 Å². The lowest BCUT2D eigenvalue weighted by Crippen LogP contribution is -2.22. The molecule has 0 aromatic rings. The summed E-state index contributed by atoms with van der Waals surface area (Å²) in [5.74, 6) is 9.47. The van der Waals surface area contributed by atoms with Crippen LogP contribution in [0.5, 0.6) is 0 Å². The van der Waals surface area contributed by atoms with E-state index in [-0.39, 0.29) is 0 Å². The molecule has 0 aromatic carbocycles. The lowest BCUT2D eigenvalue weighted by molar-refractivity contribution is 0.545. The molecule has 0 radical (unpaired) electrons. The van der Waals surface area contributed by atoms with Crippen LogP contribution in [0, 0.1) is 17.8 Å². The van der Waals surface area contributed by atoms with Crippen LogP contribution in [0.3, 0.4) is 0 Å². The Morgan fingerprint density at radius 2 is 2.55 bits per heavy atom. The zero-order valence-electron chi connectivity index (χ0n) is 7.02. The second-order valence-corrected chi connectivity index (χ2v) is 3.94. The first-order valence-corrected chi connectivity index (χ1v) is 5.27. The van der Waals surface area contributed by atoms with Gasteiger partial charge in [0.15, 0.2) is 0 Å². The fourth-order valence-corrected chi connectivity index (χ4v) is 2.46. The van der Waals surface area contributed by atoms with E-state index in [1.807, 2.05) is 6.92 Å². The van der Waals surface area contributed by atoms with Crippen LogP contribution in [0.25, 0.3) is 0 Å². The quantitative estimate of drug-likeness (QED) is 0.505. The summed E-state index contributed by atoms with van der Waals surface area (Å²) in [5, 5.41) is 3.34. The molecule has 1 atom stereocenters. The summed E-state index contributed by atoms with van der Waals surface area (Å²) in [6.45, 7) is 3.90. The van der Waals surface area contributed by atoms with Gasteiger partial charge < -0.3 is 5.32 Å². The third kappa shape index (κ3) is 3.69. The third-order valence-electron chi connectivity index (χ3n) is 1.85. The van der Waals surface area contributed by atoms with Crippen molar-refractivity contribution in [3.8, 4) is 11.8 Å². The maximum Gasteiger partial charge on any atom is 0.0576 e. The van der Waals surface area contributed by atoms with Gasteiger partial charge in [-0.1, -0.05) is 5.92 Å². The van der Waals surface area contributed by atoms with Gasteiger partial charge in [-0.15, -0.1) is 5.92 Å². The van der Waals surface area contributed by atoms with E-state index in [1.165, 1.54) is 17.9 Å². The van der Waals surface area contributed by atoms with Crippen LogP contribution in [-0.4, -0.2) is 24.6 Å². The summed E-state index contributed by atoms with van der Waals surface area (Å²) in [4.78, 5) is 0. The van der Waals surface area contributed by atoms with Gasteiger partial charge in [0.2, 0.25) is 0 Å². The van der Waals surface area contributed by atoms with Crippen molar-refractivity contribution in [1.82, 2.24) is 5.32 Å². The zero-order valence-corrected chi connectivity index (χ0v) is 7.84. The second-order valence-electron chi connectivity index (χ2n) is 2.79. The molecule has 1 fully saturated rings. The van der Waals surface area contributed by atoms with E-state index in [0.29, 0.717) is 0 Å². The van der Waals surface area contributed by atoms with Crippen LogP contribution >= 0.6 is 11.8 Å². The Morgan fingerprint density at radius 3 is 3.18 bits per heavy atom. The molecule has 1 saturated heterocycles. The van der Waals surface area contributed by atoms with Crippen molar-refractivity contribution < 1.29 is 0 Å². The number of rotatable bonds is 3. The molecule has 1 unspecified atom stereocenters. The first-order chi connectivity index (χ1) is 5.43. The molecule has 2 heteroatoms. The van der Waals surface area contributed by atoms with Gasteiger partial charge in [0.25, 0.3) is 0 Å². The van der Waals surface area contributed by atoms with Crippen LogP contribution in [0.1, 0.15) is 13.3 Å². The molecule has 1 aliphatic rings. The minimum atomic E-state index is 0.859. The minimum absolute atomic E-state index is 0.859. The predicted octanol–water partition coefficient (Wildman–Crippen LogP) is 1.35. The molecule has 1 aliphatic heterocycles. The SMILES string of the molecule is CC#CCNCC1CCSC1. The predicted molar refractivity (Wildman–Crippen MR) is 51.8 cm³/mol. The molecule has 62 valence electrons. The molecule has 0 amide bonds. The zero-order chi connectivity index (χ0) is 7.94. The first-order valence-electron chi connectivity index (χ1n) is 4.11. The van der Waals surface area contributed by atoms with Gasteiger partial charge in [0, 0.05) is 0 Å². The highest BCUT2D eigenvalue weighted by Crippen LogP contribution is 2.22. The Kier molecular flexibility index (Phi) is 4.49. The minimum Gasteiger partial charge on any atom is -0.306 e. The van der Waals surface area contributed by atoms with E-state index in [9.17, 15) is 0 Å². The van der Waals surface area contributed by atoms with Crippen LogP contribution < -0.4 is 5.32 Å².